The molecule has 190 valence electrons. The minimum Gasteiger partial charge on any atom is -0.493 e. The number of aromatic amines is 1. The van der Waals surface area contributed by atoms with Crippen molar-refractivity contribution in [2.75, 3.05) is 19.7 Å². The first-order valence-electron chi connectivity index (χ1n) is 12.7. The number of hydrogen-bond acceptors (Lipinski definition) is 5. The number of carboxylic acid groups (broad SMARTS) is 1. The molecule has 3 heterocycles. The molecule has 2 fully saturated rings. The molecule has 0 radical (unpaired) electrons. The number of fused-ring (bicyclic) bond motifs is 1. The second kappa shape index (κ2) is 9.79. The highest BCUT2D eigenvalue weighted by Gasteiger charge is 2.27. The monoisotopic (exact) mass is 491 g/mol. The van der Waals surface area contributed by atoms with Gasteiger partial charge in [-0.2, -0.15) is 0 Å². The summed E-state index contributed by atoms with van der Waals surface area (Å²) in [5.41, 5.74) is 5.28. The number of nitrogens with zero attached hydrogens (tertiary/aromatic N) is 3. The Morgan fingerprint density at radius 2 is 1.94 bits per heavy atom. The van der Waals surface area contributed by atoms with Gasteiger partial charge in [-0.1, -0.05) is 19.9 Å². The summed E-state index contributed by atoms with van der Waals surface area (Å²) < 4.78 is 6.21. The van der Waals surface area contributed by atoms with Gasteiger partial charge in [0.25, 0.3) is 5.91 Å². The van der Waals surface area contributed by atoms with Crippen LogP contribution in [-0.4, -0.2) is 62.7 Å². The van der Waals surface area contributed by atoms with E-state index in [4.69, 9.17) is 4.74 Å². The van der Waals surface area contributed by atoms with Gasteiger partial charge in [-0.3, -0.25) is 4.79 Å². The van der Waals surface area contributed by atoms with Crippen LogP contribution in [0.5, 0.6) is 5.75 Å². The van der Waals surface area contributed by atoms with E-state index in [9.17, 15) is 14.7 Å². The zero-order valence-corrected chi connectivity index (χ0v) is 21.0. The quantitative estimate of drug-likeness (QED) is 0.440. The average molecular weight is 492 g/mol. The number of benzene rings is 1. The number of piperidine rings is 1. The molecule has 0 bridgehead atoms. The third kappa shape index (κ3) is 4.87. The van der Waals surface area contributed by atoms with Crippen molar-refractivity contribution in [2.24, 2.45) is 5.92 Å². The van der Waals surface area contributed by atoms with Crippen LogP contribution in [0.15, 0.2) is 24.5 Å². The third-order valence-corrected chi connectivity index (χ3v) is 7.20. The van der Waals surface area contributed by atoms with Crippen LogP contribution in [0, 0.1) is 12.8 Å². The van der Waals surface area contributed by atoms with Gasteiger partial charge in [-0.15, -0.1) is 0 Å². The number of likely N-dealkylation sites (tertiary alicyclic amines) is 1. The van der Waals surface area contributed by atoms with E-state index in [1.807, 2.05) is 13.0 Å². The first-order chi connectivity index (χ1) is 17.3. The molecule has 0 unspecified atom stereocenters. The molecular weight excluding hydrogens is 458 g/mol. The van der Waals surface area contributed by atoms with Crippen LogP contribution in [0.3, 0.4) is 0 Å². The molecule has 0 spiro atoms. The van der Waals surface area contributed by atoms with Crippen LogP contribution in [0.25, 0.3) is 22.3 Å². The largest absolute Gasteiger partial charge is 0.493 e. The molecule has 0 atom stereocenters. The summed E-state index contributed by atoms with van der Waals surface area (Å²) in [5, 5.41) is 12.3. The molecule has 1 aliphatic carbocycles. The number of aryl methyl sites for hydroxylation is 1. The summed E-state index contributed by atoms with van der Waals surface area (Å²) in [5.74, 6) is 1.55. The summed E-state index contributed by atoms with van der Waals surface area (Å²) >= 11 is 0. The second-order valence-electron chi connectivity index (χ2n) is 10.3. The molecule has 2 aliphatic rings. The van der Waals surface area contributed by atoms with Crippen molar-refractivity contribution in [3.05, 3.63) is 41.3 Å². The van der Waals surface area contributed by atoms with E-state index in [2.05, 4.69) is 46.2 Å². The van der Waals surface area contributed by atoms with E-state index in [1.54, 1.807) is 0 Å². The van der Waals surface area contributed by atoms with Gasteiger partial charge in [-0.25, -0.2) is 14.8 Å². The molecule has 3 aromatic rings. The van der Waals surface area contributed by atoms with Gasteiger partial charge in [-0.05, 0) is 62.1 Å². The van der Waals surface area contributed by atoms with Gasteiger partial charge in [0.2, 0.25) is 0 Å². The van der Waals surface area contributed by atoms with Crippen molar-refractivity contribution >= 4 is 23.0 Å². The fraction of sp³-hybridized carbons (Fsp3) is 0.481. The van der Waals surface area contributed by atoms with E-state index in [0.717, 1.165) is 11.3 Å². The van der Waals surface area contributed by atoms with Crippen LogP contribution in [-0.2, 0) is 0 Å². The van der Waals surface area contributed by atoms with Gasteiger partial charge in [0.1, 0.15) is 23.3 Å². The predicted molar refractivity (Wildman–Crippen MR) is 136 cm³/mol. The lowest BCUT2D eigenvalue weighted by Gasteiger charge is -2.30. The Hall–Kier alpha value is -3.62. The predicted octanol–water partition coefficient (Wildman–Crippen LogP) is 4.72. The van der Waals surface area contributed by atoms with Gasteiger partial charge in [0.15, 0.2) is 0 Å². The molecule has 36 heavy (non-hydrogen) atoms. The normalized spacial score (nSPS) is 16.5. The highest BCUT2D eigenvalue weighted by molar-refractivity contribution is 6.09. The molecule has 5 rings (SSSR count). The highest BCUT2D eigenvalue weighted by atomic mass is 16.5. The summed E-state index contributed by atoms with van der Waals surface area (Å²) in [7, 11) is 0. The van der Waals surface area contributed by atoms with E-state index >= 15 is 0 Å². The third-order valence-electron chi connectivity index (χ3n) is 7.20. The lowest BCUT2D eigenvalue weighted by atomic mass is 9.98. The Morgan fingerprint density at radius 3 is 2.61 bits per heavy atom. The summed E-state index contributed by atoms with van der Waals surface area (Å²) in [4.78, 5) is 38.3. The maximum absolute atomic E-state index is 13.3. The van der Waals surface area contributed by atoms with Crippen molar-refractivity contribution in [3.8, 4) is 17.0 Å². The molecule has 1 saturated carbocycles. The molecule has 3 N–H and O–H groups in total. The molecule has 1 aliphatic heterocycles. The van der Waals surface area contributed by atoms with Gasteiger partial charge < -0.3 is 25.0 Å². The number of H-pyrrole nitrogens is 1. The van der Waals surface area contributed by atoms with Gasteiger partial charge in [0.05, 0.1) is 17.7 Å². The number of amides is 2. The molecule has 2 amide bonds. The fourth-order valence-electron chi connectivity index (χ4n) is 4.79. The average Bonchev–Trinajstić information content (AvgIpc) is 3.62. The standard InChI is InChI=1S/C27H33N5O4/c1-15(2)18-6-7-21(36-13-17-4-5-17)20(12-18)23-25-24(29-14-28-23)22(16(3)30-25)26(33)31-19-8-10-32(11-9-19)27(34)35/h6-7,12,14-15,17,19,30H,4-5,8-11,13H2,1-3H3,(H,31,33)(H,34,35). The van der Waals surface area contributed by atoms with Gasteiger partial charge >= 0.3 is 6.09 Å². The molecule has 1 aromatic carbocycles. The smallest absolute Gasteiger partial charge is 0.407 e. The number of ether oxygens (including phenoxy) is 1. The maximum atomic E-state index is 13.3. The number of rotatable bonds is 7. The first kappa shape index (κ1) is 24.1. The molecule has 1 saturated heterocycles. The van der Waals surface area contributed by atoms with Crippen molar-refractivity contribution in [1.29, 1.82) is 0 Å². The lowest BCUT2D eigenvalue weighted by Crippen LogP contribution is -2.46. The maximum Gasteiger partial charge on any atom is 0.407 e. The summed E-state index contributed by atoms with van der Waals surface area (Å²) in [6.45, 7) is 7.69. The highest BCUT2D eigenvalue weighted by Crippen LogP contribution is 2.38. The summed E-state index contributed by atoms with van der Waals surface area (Å²) in [6, 6.07) is 6.17. The fourth-order valence-corrected chi connectivity index (χ4v) is 4.79. The van der Waals surface area contributed by atoms with E-state index in [1.165, 1.54) is 29.6 Å². The van der Waals surface area contributed by atoms with Crippen LogP contribution in [0.1, 0.15) is 67.1 Å². The molecule has 9 heteroatoms. The Labute approximate surface area is 210 Å². The Kier molecular flexibility index (Phi) is 6.55. The van der Waals surface area contributed by atoms with E-state index in [0.29, 0.717) is 72.4 Å². The van der Waals surface area contributed by atoms with Crippen molar-refractivity contribution in [2.45, 2.75) is 58.4 Å². The second-order valence-corrected chi connectivity index (χ2v) is 10.3. The molecule has 2 aromatic heterocycles. The Morgan fingerprint density at radius 1 is 1.19 bits per heavy atom. The number of nitrogens with one attached hydrogen (secondary N) is 2. The van der Waals surface area contributed by atoms with Crippen molar-refractivity contribution < 1.29 is 19.4 Å². The first-order valence-corrected chi connectivity index (χ1v) is 12.7. The zero-order chi connectivity index (χ0) is 25.4. The Bertz CT molecular complexity index is 1290. The van der Waals surface area contributed by atoms with Crippen LogP contribution < -0.4 is 10.1 Å². The zero-order valence-electron chi connectivity index (χ0n) is 21.0. The number of aromatic nitrogens is 3. The number of carbonyl (C=O) groups excluding carboxylic acids is 1. The van der Waals surface area contributed by atoms with Crippen LogP contribution in [0.4, 0.5) is 4.79 Å². The minimum absolute atomic E-state index is 0.0797. The van der Waals surface area contributed by atoms with E-state index in [-0.39, 0.29) is 11.9 Å². The van der Waals surface area contributed by atoms with Crippen molar-refractivity contribution in [3.63, 3.8) is 0 Å². The van der Waals surface area contributed by atoms with Crippen LogP contribution in [0.2, 0.25) is 0 Å². The Balaban J connectivity index is 1.46. The van der Waals surface area contributed by atoms with Gasteiger partial charge in [0, 0.05) is 30.4 Å². The molecule has 9 nitrogen and oxygen atoms in total. The summed E-state index contributed by atoms with van der Waals surface area (Å²) in [6.07, 6.45) is 4.17. The lowest BCUT2D eigenvalue weighted by molar-refractivity contribution is 0.0908. The molecular formula is C27H33N5O4. The van der Waals surface area contributed by atoms with E-state index < -0.39 is 6.09 Å². The van der Waals surface area contributed by atoms with Crippen molar-refractivity contribution in [1.82, 2.24) is 25.2 Å². The number of carbonyl (C=O) groups is 2. The topological polar surface area (TPSA) is 120 Å². The number of hydrogen-bond donors (Lipinski definition) is 3. The SMILES string of the molecule is Cc1[nH]c2c(-c3cc(C(C)C)ccc3OCC3CC3)ncnc2c1C(=O)NC1CCN(C(=O)O)CC1. The van der Waals surface area contributed by atoms with Crippen LogP contribution >= 0.6 is 0 Å². The minimum atomic E-state index is -0.918.